The molecule has 9 nitrogen and oxygen atoms in total. The molecule has 136 valence electrons. The first kappa shape index (κ1) is 17.8. The number of carbonyl (C=O) groups is 1. The predicted molar refractivity (Wildman–Crippen MR) is 91.8 cm³/mol. The van der Waals surface area contributed by atoms with E-state index in [2.05, 4.69) is 25.0 Å². The van der Waals surface area contributed by atoms with Crippen molar-refractivity contribution in [1.29, 1.82) is 0 Å². The first-order valence-corrected chi connectivity index (χ1v) is 9.08. The SMILES string of the molecule is COc1cccc(CNC(=O)CNS(=O)(=O)c2cccc3nonc23)c1. The number of aromatic nitrogens is 2. The smallest absolute Gasteiger partial charge is 0.243 e. The number of hydrogen-bond acceptors (Lipinski definition) is 7. The Labute approximate surface area is 149 Å². The Morgan fingerprint density at radius 2 is 2.00 bits per heavy atom. The molecule has 0 fully saturated rings. The minimum Gasteiger partial charge on any atom is -0.497 e. The summed E-state index contributed by atoms with van der Waals surface area (Å²) >= 11 is 0. The van der Waals surface area contributed by atoms with Crippen molar-refractivity contribution in [3.63, 3.8) is 0 Å². The summed E-state index contributed by atoms with van der Waals surface area (Å²) < 4.78 is 36.7. The zero-order chi connectivity index (χ0) is 18.6. The zero-order valence-electron chi connectivity index (χ0n) is 13.8. The van der Waals surface area contributed by atoms with Crippen molar-refractivity contribution in [1.82, 2.24) is 20.4 Å². The number of sulfonamides is 1. The molecule has 0 unspecified atom stereocenters. The number of rotatable bonds is 7. The predicted octanol–water partition coefficient (Wildman–Crippen LogP) is 0.826. The van der Waals surface area contributed by atoms with E-state index in [-0.39, 0.29) is 17.0 Å². The number of benzene rings is 2. The van der Waals surface area contributed by atoms with Gasteiger partial charge in [-0.2, -0.15) is 0 Å². The van der Waals surface area contributed by atoms with Gasteiger partial charge in [-0.25, -0.2) is 17.8 Å². The van der Waals surface area contributed by atoms with Crippen molar-refractivity contribution in [3.8, 4) is 5.75 Å². The molecule has 1 aromatic heterocycles. The molecule has 0 aliphatic heterocycles. The lowest BCUT2D eigenvalue weighted by Gasteiger charge is -2.09. The fourth-order valence-electron chi connectivity index (χ4n) is 2.28. The molecular formula is C16H16N4O5S. The molecule has 10 heteroatoms. The summed E-state index contributed by atoms with van der Waals surface area (Å²) in [5.41, 5.74) is 1.26. The number of nitrogens with zero attached hydrogens (tertiary/aromatic N) is 2. The summed E-state index contributed by atoms with van der Waals surface area (Å²) in [5, 5.41) is 9.82. The summed E-state index contributed by atoms with van der Waals surface area (Å²) in [6, 6.07) is 11.7. The summed E-state index contributed by atoms with van der Waals surface area (Å²) in [6.45, 7) is -0.158. The van der Waals surface area contributed by atoms with Crippen LogP contribution in [0.25, 0.3) is 11.0 Å². The van der Waals surface area contributed by atoms with Crippen molar-refractivity contribution in [2.75, 3.05) is 13.7 Å². The number of fused-ring (bicyclic) bond motifs is 1. The molecule has 0 radical (unpaired) electrons. The van der Waals surface area contributed by atoms with Gasteiger partial charge in [0.05, 0.1) is 13.7 Å². The largest absolute Gasteiger partial charge is 0.497 e. The van der Waals surface area contributed by atoms with Gasteiger partial charge in [0.15, 0.2) is 5.52 Å². The van der Waals surface area contributed by atoms with Crippen LogP contribution >= 0.6 is 0 Å². The first-order chi connectivity index (χ1) is 12.5. The van der Waals surface area contributed by atoms with Crippen LogP contribution in [-0.4, -0.2) is 38.3 Å². The Hall–Kier alpha value is -2.98. The van der Waals surface area contributed by atoms with Crippen molar-refractivity contribution in [3.05, 3.63) is 48.0 Å². The molecular weight excluding hydrogens is 360 g/mol. The molecule has 0 saturated heterocycles. The van der Waals surface area contributed by atoms with Crippen LogP contribution in [0.3, 0.4) is 0 Å². The minimum absolute atomic E-state index is 0.100. The molecule has 0 atom stereocenters. The third-order valence-electron chi connectivity index (χ3n) is 3.59. The van der Waals surface area contributed by atoms with Gasteiger partial charge in [0.2, 0.25) is 15.9 Å². The van der Waals surface area contributed by atoms with Crippen LogP contribution in [0.4, 0.5) is 0 Å². The van der Waals surface area contributed by atoms with E-state index < -0.39 is 22.5 Å². The molecule has 0 bridgehead atoms. The zero-order valence-corrected chi connectivity index (χ0v) is 14.6. The average Bonchev–Trinajstić information content (AvgIpc) is 3.13. The topological polar surface area (TPSA) is 123 Å². The fraction of sp³-hybridized carbons (Fsp3) is 0.188. The van der Waals surface area contributed by atoms with Crippen molar-refractivity contribution < 1.29 is 22.6 Å². The maximum atomic E-state index is 12.4. The highest BCUT2D eigenvalue weighted by Crippen LogP contribution is 2.19. The molecule has 3 aromatic rings. The standard InChI is InChI=1S/C16H16N4O5S/c1-24-12-5-2-4-11(8-12)9-17-15(21)10-18-26(22,23)14-7-3-6-13-16(14)20-25-19-13/h2-8,18H,9-10H2,1H3,(H,17,21). The van der Waals surface area contributed by atoms with E-state index >= 15 is 0 Å². The van der Waals surface area contributed by atoms with Gasteiger partial charge in [0.1, 0.15) is 16.2 Å². The van der Waals surface area contributed by atoms with Gasteiger partial charge in [0, 0.05) is 6.54 Å². The Bertz CT molecular complexity index is 1030. The second kappa shape index (κ2) is 7.50. The van der Waals surface area contributed by atoms with Gasteiger partial charge in [-0.15, -0.1) is 0 Å². The molecule has 1 heterocycles. The highest BCUT2D eigenvalue weighted by atomic mass is 32.2. The molecule has 26 heavy (non-hydrogen) atoms. The van der Waals surface area contributed by atoms with Gasteiger partial charge in [-0.1, -0.05) is 18.2 Å². The van der Waals surface area contributed by atoms with Crippen LogP contribution in [0, 0.1) is 0 Å². The number of nitrogens with one attached hydrogen (secondary N) is 2. The molecule has 0 saturated carbocycles. The molecule has 2 aromatic carbocycles. The van der Waals surface area contributed by atoms with Crippen LogP contribution in [0.5, 0.6) is 5.75 Å². The van der Waals surface area contributed by atoms with Gasteiger partial charge < -0.3 is 10.1 Å². The van der Waals surface area contributed by atoms with Crippen LogP contribution in [0.15, 0.2) is 52.0 Å². The third kappa shape index (κ3) is 3.98. The number of carbonyl (C=O) groups excluding carboxylic acids is 1. The Balaban J connectivity index is 1.60. The van der Waals surface area contributed by atoms with E-state index in [9.17, 15) is 13.2 Å². The molecule has 3 rings (SSSR count). The molecule has 0 aliphatic rings. The Morgan fingerprint density at radius 1 is 1.19 bits per heavy atom. The second-order valence-corrected chi connectivity index (χ2v) is 7.08. The third-order valence-corrected chi connectivity index (χ3v) is 5.02. The minimum atomic E-state index is -3.94. The van der Waals surface area contributed by atoms with Gasteiger partial charge >= 0.3 is 0 Å². The van der Waals surface area contributed by atoms with E-state index in [4.69, 9.17) is 4.74 Å². The van der Waals surface area contributed by atoms with Crippen molar-refractivity contribution >= 4 is 27.0 Å². The lowest BCUT2D eigenvalue weighted by atomic mass is 10.2. The van der Waals surface area contributed by atoms with E-state index in [0.717, 1.165) is 5.56 Å². The van der Waals surface area contributed by atoms with E-state index in [1.165, 1.54) is 12.1 Å². The summed E-state index contributed by atoms with van der Waals surface area (Å²) in [6.07, 6.45) is 0. The van der Waals surface area contributed by atoms with E-state index in [0.29, 0.717) is 11.3 Å². The van der Waals surface area contributed by atoms with E-state index in [1.54, 1.807) is 31.4 Å². The lowest BCUT2D eigenvalue weighted by Crippen LogP contribution is -2.36. The molecule has 0 spiro atoms. The Morgan fingerprint density at radius 3 is 2.81 bits per heavy atom. The monoisotopic (exact) mass is 376 g/mol. The molecule has 1 amide bonds. The first-order valence-electron chi connectivity index (χ1n) is 7.60. The number of ether oxygens (including phenoxy) is 1. The van der Waals surface area contributed by atoms with Gasteiger partial charge in [0.25, 0.3) is 0 Å². The van der Waals surface area contributed by atoms with Crippen molar-refractivity contribution in [2.24, 2.45) is 0 Å². The molecule has 0 aliphatic carbocycles. The number of amides is 1. The summed E-state index contributed by atoms with van der Waals surface area (Å²) in [4.78, 5) is 11.8. The molecule has 2 N–H and O–H groups in total. The summed E-state index contributed by atoms with van der Waals surface area (Å²) in [5.74, 6) is 0.202. The highest BCUT2D eigenvalue weighted by Gasteiger charge is 2.21. The quantitative estimate of drug-likeness (QED) is 0.626. The average molecular weight is 376 g/mol. The fourth-order valence-corrected chi connectivity index (χ4v) is 3.41. The highest BCUT2D eigenvalue weighted by molar-refractivity contribution is 7.89. The number of methoxy groups -OCH3 is 1. The van der Waals surface area contributed by atoms with Crippen LogP contribution < -0.4 is 14.8 Å². The maximum absolute atomic E-state index is 12.4. The van der Waals surface area contributed by atoms with Crippen LogP contribution in [0.1, 0.15) is 5.56 Å². The lowest BCUT2D eigenvalue weighted by molar-refractivity contribution is -0.120. The van der Waals surface area contributed by atoms with Gasteiger partial charge in [-0.3, -0.25) is 4.79 Å². The van der Waals surface area contributed by atoms with Crippen LogP contribution in [-0.2, 0) is 21.4 Å². The Kier molecular flexibility index (Phi) is 5.14. The van der Waals surface area contributed by atoms with Gasteiger partial charge in [-0.05, 0) is 40.1 Å². The maximum Gasteiger partial charge on any atom is 0.243 e. The number of hydrogen-bond donors (Lipinski definition) is 2. The second-order valence-electron chi connectivity index (χ2n) is 5.34. The normalized spacial score (nSPS) is 11.4. The van der Waals surface area contributed by atoms with E-state index in [1.807, 2.05) is 6.07 Å². The van der Waals surface area contributed by atoms with Crippen LogP contribution in [0.2, 0.25) is 0 Å². The summed E-state index contributed by atoms with van der Waals surface area (Å²) in [7, 11) is -2.39. The van der Waals surface area contributed by atoms with Crippen molar-refractivity contribution in [2.45, 2.75) is 11.4 Å².